The Labute approximate surface area is 134 Å². The van der Waals surface area contributed by atoms with Crippen molar-refractivity contribution < 1.29 is 9.53 Å². The highest BCUT2D eigenvalue weighted by Crippen LogP contribution is 2.20. The predicted octanol–water partition coefficient (Wildman–Crippen LogP) is 3.77. The third-order valence-electron chi connectivity index (χ3n) is 3.10. The Kier molecular flexibility index (Phi) is 3.73. The van der Waals surface area contributed by atoms with Gasteiger partial charge in [0.1, 0.15) is 11.9 Å². The Hall–Kier alpha value is -2.89. The van der Waals surface area contributed by atoms with Gasteiger partial charge in [-0.1, -0.05) is 12.1 Å². The van der Waals surface area contributed by atoms with Crippen LogP contribution in [0.1, 0.15) is 20.8 Å². The van der Waals surface area contributed by atoms with Crippen LogP contribution in [-0.2, 0) is 4.74 Å². The normalized spacial score (nSPS) is 11.4. The summed E-state index contributed by atoms with van der Waals surface area (Å²) in [7, 11) is 0. The van der Waals surface area contributed by atoms with Crippen molar-refractivity contribution in [1.82, 2.24) is 14.5 Å². The number of nitrogens with zero attached hydrogens (tertiary/aromatic N) is 3. The summed E-state index contributed by atoms with van der Waals surface area (Å²) in [5.41, 5.74) is 2.71. The van der Waals surface area contributed by atoms with Gasteiger partial charge in [0, 0.05) is 0 Å². The highest BCUT2D eigenvalue weighted by Gasteiger charge is 2.16. The van der Waals surface area contributed by atoms with Crippen LogP contribution >= 0.6 is 0 Å². The van der Waals surface area contributed by atoms with Gasteiger partial charge >= 0.3 is 6.09 Å². The quantitative estimate of drug-likeness (QED) is 0.782. The molecule has 0 spiro atoms. The highest BCUT2D eigenvalue weighted by atomic mass is 16.6. The van der Waals surface area contributed by atoms with Gasteiger partial charge in [-0.2, -0.15) is 0 Å². The average Bonchev–Trinajstić information content (AvgIpc) is 2.89. The van der Waals surface area contributed by atoms with Gasteiger partial charge in [0.05, 0.1) is 34.8 Å². The molecule has 1 amide bonds. The zero-order chi connectivity index (χ0) is 16.4. The fourth-order valence-electron chi connectivity index (χ4n) is 2.21. The molecule has 0 radical (unpaired) electrons. The molecule has 0 saturated heterocycles. The first-order valence-electron chi connectivity index (χ1n) is 7.30. The standard InChI is InChI=1S/C17H18N4O2/c1-17(2,3)23-16(22)20-12-8-13(10-18-9-12)21-11-19-14-6-4-5-7-15(14)21/h4-11H,1-3H3,(H,20,22). The molecule has 0 aliphatic rings. The molecule has 1 aromatic carbocycles. The van der Waals surface area contributed by atoms with E-state index in [-0.39, 0.29) is 0 Å². The largest absolute Gasteiger partial charge is 0.444 e. The lowest BCUT2D eigenvalue weighted by Crippen LogP contribution is -2.27. The van der Waals surface area contributed by atoms with Gasteiger partial charge in [-0.3, -0.25) is 14.9 Å². The first kappa shape index (κ1) is 15.0. The fraction of sp³-hybridized carbons (Fsp3) is 0.235. The van der Waals surface area contributed by atoms with E-state index in [9.17, 15) is 4.79 Å². The number of fused-ring (bicyclic) bond motifs is 1. The third-order valence-corrected chi connectivity index (χ3v) is 3.10. The molecule has 2 aromatic heterocycles. The lowest BCUT2D eigenvalue weighted by Gasteiger charge is -2.19. The summed E-state index contributed by atoms with van der Waals surface area (Å²) in [6.45, 7) is 5.45. The summed E-state index contributed by atoms with van der Waals surface area (Å²) in [5, 5.41) is 2.69. The summed E-state index contributed by atoms with van der Waals surface area (Å²) in [6, 6.07) is 9.65. The van der Waals surface area contributed by atoms with E-state index in [1.165, 1.54) is 0 Å². The topological polar surface area (TPSA) is 69.0 Å². The maximum Gasteiger partial charge on any atom is 0.412 e. The maximum atomic E-state index is 11.9. The number of amides is 1. The van der Waals surface area contributed by atoms with E-state index in [0.717, 1.165) is 16.7 Å². The van der Waals surface area contributed by atoms with Crippen LogP contribution in [0.15, 0.2) is 49.1 Å². The van der Waals surface area contributed by atoms with Crippen molar-refractivity contribution in [2.24, 2.45) is 0 Å². The van der Waals surface area contributed by atoms with E-state index in [4.69, 9.17) is 4.74 Å². The molecule has 0 bridgehead atoms. The van der Waals surface area contributed by atoms with Crippen LogP contribution in [0, 0.1) is 0 Å². The number of benzene rings is 1. The number of ether oxygens (including phenoxy) is 1. The minimum Gasteiger partial charge on any atom is -0.444 e. The Bertz CT molecular complexity index is 849. The number of pyridine rings is 1. The van der Waals surface area contributed by atoms with Gasteiger partial charge in [0.2, 0.25) is 0 Å². The van der Waals surface area contributed by atoms with Crippen molar-refractivity contribution in [2.45, 2.75) is 26.4 Å². The molecular weight excluding hydrogens is 292 g/mol. The fourth-order valence-corrected chi connectivity index (χ4v) is 2.21. The Morgan fingerprint density at radius 3 is 2.78 bits per heavy atom. The Balaban J connectivity index is 1.87. The van der Waals surface area contributed by atoms with Crippen LogP contribution in [0.2, 0.25) is 0 Å². The minimum absolute atomic E-state index is 0.507. The number of hydrogen-bond acceptors (Lipinski definition) is 4. The van der Waals surface area contributed by atoms with E-state index in [2.05, 4.69) is 15.3 Å². The number of hydrogen-bond donors (Lipinski definition) is 1. The molecule has 3 rings (SSSR count). The molecule has 0 unspecified atom stereocenters. The van der Waals surface area contributed by atoms with Gasteiger partial charge in [0.25, 0.3) is 0 Å². The van der Waals surface area contributed by atoms with Gasteiger partial charge in [-0.05, 0) is 39.0 Å². The second-order valence-electron chi connectivity index (χ2n) is 6.16. The molecule has 0 fully saturated rings. The maximum absolute atomic E-state index is 11.9. The molecule has 0 atom stereocenters. The van der Waals surface area contributed by atoms with E-state index >= 15 is 0 Å². The molecule has 3 aromatic rings. The number of para-hydroxylation sites is 2. The number of aromatic nitrogens is 3. The molecular formula is C17H18N4O2. The van der Waals surface area contributed by atoms with Crippen molar-refractivity contribution >= 4 is 22.8 Å². The number of anilines is 1. The SMILES string of the molecule is CC(C)(C)OC(=O)Nc1cncc(-n2cnc3ccccc32)c1. The first-order valence-corrected chi connectivity index (χ1v) is 7.30. The van der Waals surface area contributed by atoms with Crippen LogP contribution < -0.4 is 5.32 Å². The van der Waals surface area contributed by atoms with Crippen molar-refractivity contribution in [2.75, 3.05) is 5.32 Å². The number of carbonyl (C=O) groups excluding carboxylic acids is 1. The van der Waals surface area contributed by atoms with Gasteiger partial charge in [-0.25, -0.2) is 9.78 Å². The van der Waals surface area contributed by atoms with Crippen LogP contribution in [-0.4, -0.2) is 26.2 Å². The van der Waals surface area contributed by atoms with E-state index in [1.54, 1.807) is 18.7 Å². The molecule has 0 aliphatic heterocycles. The minimum atomic E-state index is -0.546. The first-order chi connectivity index (χ1) is 10.9. The number of imidazole rings is 1. The van der Waals surface area contributed by atoms with Gasteiger partial charge < -0.3 is 4.74 Å². The second kappa shape index (κ2) is 5.72. The second-order valence-corrected chi connectivity index (χ2v) is 6.16. The highest BCUT2D eigenvalue weighted by molar-refractivity contribution is 5.85. The molecule has 0 aliphatic carbocycles. The Morgan fingerprint density at radius 1 is 1.22 bits per heavy atom. The lowest BCUT2D eigenvalue weighted by molar-refractivity contribution is 0.0636. The average molecular weight is 310 g/mol. The summed E-state index contributed by atoms with van der Waals surface area (Å²) in [5.74, 6) is 0. The molecule has 23 heavy (non-hydrogen) atoms. The molecule has 0 saturated carbocycles. The van der Waals surface area contributed by atoms with E-state index in [1.807, 2.05) is 55.7 Å². The van der Waals surface area contributed by atoms with E-state index in [0.29, 0.717) is 5.69 Å². The zero-order valence-corrected chi connectivity index (χ0v) is 13.3. The number of rotatable bonds is 2. The van der Waals surface area contributed by atoms with Gasteiger partial charge in [0.15, 0.2) is 0 Å². The predicted molar refractivity (Wildman–Crippen MR) is 88.7 cm³/mol. The summed E-state index contributed by atoms with van der Waals surface area (Å²) < 4.78 is 7.16. The zero-order valence-electron chi connectivity index (χ0n) is 13.3. The monoisotopic (exact) mass is 310 g/mol. The van der Waals surface area contributed by atoms with Gasteiger partial charge in [-0.15, -0.1) is 0 Å². The lowest BCUT2D eigenvalue weighted by atomic mass is 10.2. The summed E-state index contributed by atoms with van der Waals surface area (Å²) in [4.78, 5) is 20.4. The third kappa shape index (κ3) is 3.48. The molecule has 1 N–H and O–H groups in total. The summed E-state index contributed by atoms with van der Waals surface area (Å²) in [6.07, 6.45) is 4.52. The van der Waals surface area contributed by atoms with Crippen molar-refractivity contribution in [3.8, 4) is 5.69 Å². The van der Waals surface area contributed by atoms with E-state index < -0.39 is 11.7 Å². The van der Waals surface area contributed by atoms with Crippen molar-refractivity contribution in [1.29, 1.82) is 0 Å². The molecule has 6 nitrogen and oxygen atoms in total. The van der Waals surface area contributed by atoms with Crippen molar-refractivity contribution in [3.05, 3.63) is 49.1 Å². The molecule has 6 heteroatoms. The Morgan fingerprint density at radius 2 is 2.00 bits per heavy atom. The van der Waals surface area contributed by atoms with Crippen LogP contribution in [0.4, 0.5) is 10.5 Å². The summed E-state index contributed by atoms with van der Waals surface area (Å²) >= 11 is 0. The van der Waals surface area contributed by atoms with Crippen LogP contribution in [0.25, 0.3) is 16.7 Å². The van der Waals surface area contributed by atoms with Crippen LogP contribution in [0.3, 0.4) is 0 Å². The van der Waals surface area contributed by atoms with Crippen molar-refractivity contribution in [3.63, 3.8) is 0 Å². The van der Waals surface area contributed by atoms with Crippen LogP contribution in [0.5, 0.6) is 0 Å². The number of carbonyl (C=O) groups is 1. The molecule has 118 valence electrons. The molecule has 2 heterocycles. The number of nitrogens with one attached hydrogen (secondary N) is 1. The smallest absolute Gasteiger partial charge is 0.412 e.